The molecular formula is C13H12BrNO2S. The number of thiophene rings is 1. The predicted molar refractivity (Wildman–Crippen MR) is 77.1 cm³/mol. The second kappa shape index (κ2) is 6.02. The number of halogens is 1. The molecule has 0 bridgehead atoms. The number of hydrogen-bond acceptors (Lipinski definition) is 4. The van der Waals surface area contributed by atoms with Gasteiger partial charge in [0.15, 0.2) is 0 Å². The average Bonchev–Trinajstić information content (AvgIpc) is 2.81. The van der Waals surface area contributed by atoms with Crippen LogP contribution in [0.3, 0.4) is 0 Å². The van der Waals surface area contributed by atoms with Gasteiger partial charge in [-0.2, -0.15) is 0 Å². The molecule has 2 aromatic rings. The van der Waals surface area contributed by atoms with Crippen molar-refractivity contribution in [1.82, 2.24) is 0 Å². The van der Waals surface area contributed by atoms with Gasteiger partial charge in [-0.05, 0) is 34.1 Å². The van der Waals surface area contributed by atoms with Crippen LogP contribution in [0.5, 0.6) is 0 Å². The number of rotatable bonds is 4. The first-order valence-corrected chi connectivity index (χ1v) is 7.02. The molecule has 1 aromatic carbocycles. The van der Waals surface area contributed by atoms with Crippen molar-refractivity contribution in [1.29, 1.82) is 0 Å². The highest BCUT2D eigenvalue weighted by Crippen LogP contribution is 2.22. The van der Waals surface area contributed by atoms with E-state index in [9.17, 15) is 4.79 Å². The highest BCUT2D eigenvalue weighted by Gasteiger charge is 2.10. The lowest BCUT2D eigenvalue weighted by atomic mass is 10.2. The van der Waals surface area contributed by atoms with Gasteiger partial charge >= 0.3 is 5.97 Å². The number of carbonyl (C=O) groups excluding carboxylic acids is 1. The molecule has 3 nitrogen and oxygen atoms in total. The molecule has 0 aliphatic carbocycles. The normalized spacial score (nSPS) is 10.1. The Balaban J connectivity index is 2.11. The van der Waals surface area contributed by atoms with E-state index in [0.29, 0.717) is 12.1 Å². The molecule has 2 rings (SSSR count). The van der Waals surface area contributed by atoms with E-state index in [-0.39, 0.29) is 5.97 Å². The summed E-state index contributed by atoms with van der Waals surface area (Å²) in [5.74, 6) is -0.328. The fourth-order valence-corrected chi connectivity index (χ4v) is 2.94. The Morgan fingerprint density at radius 2 is 2.22 bits per heavy atom. The summed E-state index contributed by atoms with van der Waals surface area (Å²) in [5.41, 5.74) is 1.34. The van der Waals surface area contributed by atoms with E-state index >= 15 is 0 Å². The first-order valence-electron chi connectivity index (χ1n) is 5.35. The topological polar surface area (TPSA) is 38.3 Å². The molecular weight excluding hydrogens is 314 g/mol. The quantitative estimate of drug-likeness (QED) is 0.866. The first kappa shape index (κ1) is 13.1. The maximum atomic E-state index is 11.6. The van der Waals surface area contributed by atoms with Crippen molar-refractivity contribution in [3.63, 3.8) is 0 Å². The molecule has 18 heavy (non-hydrogen) atoms. The number of ether oxygens (including phenoxy) is 1. The van der Waals surface area contributed by atoms with Crippen molar-refractivity contribution in [2.75, 3.05) is 12.4 Å². The lowest BCUT2D eigenvalue weighted by molar-refractivity contribution is 0.0602. The molecule has 0 spiro atoms. The maximum absolute atomic E-state index is 11.6. The summed E-state index contributed by atoms with van der Waals surface area (Å²) >= 11 is 5.08. The minimum absolute atomic E-state index is 0.328. The standard InChI is InChI=1S/C13H12BrNO2S/c1-17-13(16)11-4-2-3-5-12(11)15-7-10-6-9(14)8-18-10/h2-6,8,15H,7H2,1H3. The molecule has 5 heteroatoms. The number of para-hydroxylation sites is 1. The van der Waals surface area contributed by atoms with Gasteiger partial charge < -0.3 is 10.1 Å². The number of esters is 1. The van der Waals surface area contributed by atoms with E-state index in [1.807, 2.05) is 23.6 Å². The minimum atomic E-state index is -0.328. The molecule has 0 saturated carbocycles. The third-order valence-corrected chi connectivity index (χ3v) is 4.10. The van der Waals surface area contributed by atoms with Gasteiger partial charge in [0, 0.05) is 27.0 Å². The van der Waals surface area contributed by atoms with Gasteiger partial charge in [0.1, 0.15) is 0 Å². The summed E-state index contributed by atoms with van der Waals surface area (Å²) in [6.45, 7) is 0.685. The smallest absolute Gasteiger partial charge is 0.339 e. The zero-order valence-corrected chi connectivity index (χ0v) is 12.2. The fraction of sp³-hybridized carbons (Fsp3) is 0.154. The number of anilines is 1. The van der Waals surface area contributed by atoms with Crippen LogP contribution in [-0.2, 0) is 11.3 Å². The van der Waals surface area contributed by atoms with E-state index in [2.05, 4.69) is 27.3 Å². The zero-order chi connectivity index (χ0) is 13.0. The Morgan fingerprint density at radius 1 is 1.44 bits per heavy atom. The van der Waals surface area contributed by atoms with Crippen molar-refractivity contribution in [2.24, 2.45) is 0 Å². The van der Waals surface area contributed by atoms with Crippen molar-refractivity contribution in [3.05, 3.63) is 50.6 Å². The number of benzene rings is 1. The van der Waals surface area contributed by atoms with Crippen LogP contribution in [0.15, 0.2) is 40.2 Å². The van der Waals surface area contributed by atoms with E-state index in [1.54, 1.807) is 17.4 Å². The summed E-state index contributed by atoms with van der Waals surface area (Å²) in [6, 6.07) is 9.38. The van der Waals surface area contributed by atoms with Crippen LogP contribution in [0.2, 0.25) is 0 Å². The van der Waals surface area contributed by atoms with Crippen molar-refractivity contribution < 1.29 is 9.53 Å². The van der Waals surface area contributed by atoms with Gasteiger partial charge in [-0.1, -0.05) is 12.1 Å². The summed E-state index contributed by atoms with van der Waals surface area (Å²) in [5, 5.41) is 5.28. The number of nitrogens with one attached hydrogen (secondary N) is 1. The second-order valence-electron chi connectivity index (χ2n) is 3.62. The Labute approximate surface area is 118 Å². The summed E-state index contributed by atoms with van der Waals surface area (Å²) in [6.07, 6.45) is 0. The van der Waals surface area contributed by atoms with Crippen molar-refractivity contribution >= 4 is 38.9 Å². The molecule has 1 N–H and O–H groups in total. The van der Waals surface area contributed by atoms with Crippen molar-refractivity contribution in [2.45, 2.75) is 6.54 Å². The number of hydrogen-bond donors (Lipinski definition) is 1. The van der Waals surface area contributed by atoms with Crippen LogP contribution in [0.1, 0.15) is 15.2 Å². The van der Waals surface area contributed by atoms with E-state index in [0.717, 1.165) is 10.2 Å². The molecule has 0 aliphatic rings. The molecule has 94 valence electrons. The maximum Gasteiger partial charge on any atom is 0.339 e. The Kier molecular flexibility index (Phi) is 4.38. The number of methoxy groups -OCH3 is 1. The molecule has 1 aromatic heterocycles. The Hall–Kier alpha value is -1.33. The fourth-order valence-electron chi connectivity index (χ4n) is 1.55. The molecule has 0 unspecified atom stereocenters. The summed E-state index contributed by atoms with van der Waals surface area (Å²) < 4.78 is 5.82. The van der Waals surface area contributed by atoms with Gasteiger partial charge in [-0.15, -0.1) is 11.3 Å². The molecule has 0 radical (unpaired) electrons. The van der Waals surface area contributed by atoms with Crippen LogP contribution in [0.4, 0.5) is 5.69 Å². The Morgan fingerprint density at radius 3 is 2.89 bits per heavy atom. The van der Waals surface area contributed by atoms with E-state index < -0.39 is 0 Å². The third kappa shape index (κ3) is 3.11. The van der Waals surface area contributed by atoms with E-state index in [4.69, 9.17) is 4.74 Å². The van der Waals surface area contributed by atoms with Gasteiger partial charge in [0.25, 0.3) is 0 Å². The summed E-state index contributed by atoms with van der Waals surface area (Å²) in [4.78, 5) is 12.8. The van der Waals surface area contributed by atoms with Crippen LogP contribution < -0.4 is 5.32 Å². The summed E-state index contributed by atoms with van der Waals surface area (Å²) in [7, 11) is 1.38. The average molecular weight is 326 g/mol. The molecule has 0 saturated heterocycles. The zero-order valence-electron chi connectivity index (χ0n) is 9.77. The van der Waals surface area contributed by atoms with Gasteiger partial charge in [0.05, 0.1) is 12.7 Å². The van der Waals surface area contributed by atoms with Crippen LogP contribution in [-0.4, -0.2) is 13.1 Å². The van der Waals surface area contributed by atoms with Crippen LogP contribution >= 0.6 is 27.3 Å². The van der Waals surface area contributed by atoms with Gasteiger partial charge in [-0.3, -0.25) is 0 Å². The molecule has 0 fully saturated rings. The largest absolute Gasteiger partial charge is 0.465 e. The lowest BCUT2D eigenvalue weighted by Gasteiger charge is -2.09. The SMILES string of the molecule is COC(=O)c1ccccc1NCc1cc(Br)cs1. The van der Waals surface area contributed by atoms with Crippen molar-refractivity contribution in [3.8, 4) is 0 Å². The minimum Gasteiger partial charge on any atom is -0.465 e. The predicted octanol–water partition coefficient (Wildman–Crippen LogP) is 3.91. The first-order chi connectivity index (χ1) is 8.70. The Bertz CT molecular complexity index is 553. The monoisotopic (exact) mass is 325 g/mol. The third-order valence-electron chi connectivity index (χ3n) is 2.41. The number of carbonyl (C=O) groups is 1. The lowest BCUT2D eigenvalue weighted by Crippen LogP contribution is -2.07. The highest BCUT2D eigenvalue weighted by molar-refractivity contribution is 9.10. The van der Waals surface area contributed by atoms with E-state index in [1.165, 1.54) is 12.0 Å². The molecule has 1 heterocycles. The van der Waals surface area contributed by atoms with Crippen LogP contribution in [0, 0.1) is 0 Å². The van der Waals surface area contributed by atoms with Crippen LogP contribution in [0.25, 0.3) is 0 Å². The van der Waals surface area contributed by atoms with Gasteiger partial charge in [-0.25, -0.2) is 4.79 Å². The molecule has 0 atom stereocenters. The van der Waals surface area contributed by atoms with Gasteiger partial charge in [0.2, 0.25) is 0 Å². The highest BCUT2D eigenvalue weighted by atomic mass is 79.9. The second-order valence-corrected chi connectivity index (χ2v) is 5.53. The molecule has 0 amide bonds. The molecule has 0 aliphatic heterocycles.